The molecule has 0 fully saturated rings. The smallest absolute Gasteiger partial charge is 0.249 e. The third kappa shape index (κ3) is 3.42. The summed E-state index contributed by atoms with van der Waals surface area (Å²) in [6, 6.07) is 4.44. The van der Waals surface area contributed by atoms with E-state index < -0.39 is 23.3 Å². The molecular weight excluding hydrogens is 370 g/mol. The number of hydrazone groups is 1. The molecule has 1 aliphatic rings. The molecule has 150 valence electrons. The van der Waals surface area contributed by atoms with Crippen LogP contribution < -0.4 is 11.5 Å². The number of halogens is 2. The van der Waals surface area contributed by atoms with E-state index in [1.54, 1.807) is 13.8 Å². The number of aromatic amines is 1. The molecule has 0 saturated heterocycles. The molecule has 0 spiro atoms. The highest BCUT2D eigenvalue weighted by Gasteiger charge is 2.51. The normalized spacial score (nSPS) is 19.1. The monoisotopic (exact) mass is 392 g/mol. The Labute approximate surface area is 160 Å². The first kappa shape index (κ1) is 19.7. The highest BCUT2D eigenvalue weighted by molar-refractivity contribution is 5.97. The highest BCUT2D eigenvalue weighted by atomic mass is 19.1. The van der Waals surface area contributed by atoms with Crippen LogP contribution >= 0.6 is 0 Å². The number of hydrogen-bond acceptors (Lipinski definition) is 6. The highest BCUT2D eigenvalue weighted by Crippen LogP contribution is 2.41. The van der Waals surface area contributed by atoms with Gasteiger partial charge in [0.2, 0.25) is 17.5 Å². The van der Waals surface area contributed by atoms with E-state index in [-0.39, 0.29) is 29.6 Å². The molecule has 1 unspecified atom stereocenters. The standard InChI is InChI=1S/C18H22F2N6O2/c1-10(2)17(27)26-18(6-3-7-21,14-9-15(22)24-23-14)28-16(25-26)12-8-11(19)4-5-13(12)20/h4-5,8-10H,3,6-7,21H2,1-2H3,(H3,22,23,24). The second-order valence-electron chi connectivity index (χ2n) is 6.82. The Morgan fingerprint density at radius 3 is 2.71 bits per heavy atom. The predicted octanol–water partition coefficient (Wildman–Crippen LogP) is 2.04. The molecule has 1 aromatic heterocycles. The number of nitrogens with two attached hydrogens (primary N) is 2. The lowest BCUT2D eigenvalue weighted by molar-refractivity contribution is -0.156. The Morgan fingerprint density at radius 2 is 2.11 bits per heavy atom. The van der Waals surface area contributed by atoms with Crippen LogP contribution in [0.4, 0.5) is 14.6 Å². The Hall–Kier alpha value is -3.01. The predicted molar refractivity (Wildman–Crippen MR) is 98.6 cm³/mol. The fourth-order valence-electron chi connectivity index (χ4n) is 2.98. The van der Waals surface area contributed by atoms with E-state index in [1.807, 2.05) is 0 Å². The van der Waals surface area contributed by atoms with Gasteiger partial charge in [-0.2, -0.15) is 10.1 Å². The summed E-state index contributed by atoms with van der Waals surface area (Å²) < 4.78 is 34.0. The number of H-pyrrole nitrogens is 1. The summed E-state index contributed by atoms with van der Waals surface area (Å²) in [6.07, 6.45) is 0.711. The van der Waals surface area contributed by atoms with Gasteiger partial charge in [-0.3, -0.25) is 9.89 Å². The minimum absolute atomic E-state index is 0.188. The van der Waals surface area contributed by atoms with Crippen molar-refractivity contribution in [2.24, 2.45) is 16.8 Å². The van der Waals surface area contributed by atoms with Crippen LogP contribution in [0.25, 0.3) is 0 Å². The van der Waals surface area contributed by atoms with E-state index in [2.05, 4.69) is 15.3 Å². The molecule has 10 heteroatoms. The van der Waals surface area contributed by atoms with Gasteiger partial charge in [-0.1, -0.05) is 13.8 Å². The van der Waals surface area contributed by atoms with Gasteiger partial charge < -0.3 is 16.2 Å². The summed E-state index contributed by atoms with van der Waals surface area (Å²) in [5.41, 5.74) is 10.1. The summed E-state index contributed by atoms with van der Waals surface area (Å²) in [6.45, 7) is 3.73. The molecule has 0 saturated carbocycles. The average Bonchev–Trinajstić information content (AvgIpc) is 3.26. The third-order valence-corrected chi connectivity index (χ3v) is 4.40. The fraction of sp³-hybridized carbons (Fsp3) is 0.389. The zero-order valence-corrected chi connectivity index (χ0v) is 15.6. The molecule has 0 aliphatic carbocycles. The second-order valence-corrected chi connectivity index (χ2v) is 6.82. The maximum Gasteiger partial charge on any atom is 0.249 e. The van der Waals surface area contributed by atoms with Crippen molar-refractivity contribution in [1.29, 1.82) is 0 Å². The Morgan fingerprint density at radius 1 is 1.36 bits per heavy atom. The molecule has 28 heavy (non-hydrogen) atoms. The van der Waals surface area contributed by atoms with Gasteiger partial charge in [-0.25, -0.2) is 8.78 Å². The van der Waals surface area contributed by atoms with Crippen LogP contribution in [0, 0.1) is 17.6 Å². The van der Waals surface area contributed by atoms with Crippen molar-refractivity contribution < 1.29 is 18.3 Å². The van der Waals surface area contributed by atoms with Gasteiger partial charge in [0.1, 0.15) is 23.1 Å². The third-order valence-electron chi connectivity index (χ3n) is 4.40. The SMILES string of the molecule is CC(C)C(=O)N1N=C(c2cc(F)ccc2F)OC1(CCCN)c1cc(N)n[nH]1. The Bertz CT molecular complexity index is 913. The molecular formula is C18H22F2N6O2. The van der Waals surface area contributed by atoms with Gasteiger partial charge in [-0.15, -0.1) is 5.10 Å². The molecule has 3 rings (SSSR count). The van der Waals surface area contributed by atoms with Crippen LogP contribution in [0.15, 0.2) is 29.4 Å². The van der Waals surface area contributed by atoms with Gasteiger partial charge in [0.25, 0.3) is 0 Å². The van der Waals surface area contributed by atoms with Gasteiger partial charge in [-0.05, 0) is 31.2 Å². The summed E-state index contributed by atoms with van der Waals surface area (Å²) in [7, 11) is 0. The van der Waals surface area contributed by atoms with E-state index in [4.69, 9.17) is 16.2 Å². The largest absolute Gasteiger partial charge is 0.441 e. The molecule has 1 atom stereocenters. The number of carbonyl (C=O) groups is 1. The molecule has 1 amide bonds. The lowest BCUT2D eigenvalue weighted by Gasteiger charge is -2.34. The first-order valence-corrected chi connectivity index (χ1v) is 8.87. The summed E-state index contributed by atoms with van der Waals surface area (Å²) in [4.78, 5) is 12.9. The van der Waals surface area contributed by atoms with Gasteiger partial charge in [0.15, 0.2) is 0 Å². The van der Waals surface area contributed by atoms with Crippen LogP contribution in [-0.4, -0.2) is 33.6 Å². The van der Waals surface area contributed by atoms with E-state index in [0.29, 0.717) is 18.7 Å². The maximum atomic E-state index is 14.3. The fourth-order valence-corrected chi connectivity index (χ4v) is 2.98. The number of ether oxygens (including phenoxy) is 1. The summed E-state index contributed by atoms with van der Waals surface area (Å²) in [5.74, 6) is -2.20. The number of amides is 1. The van der Waals surface area contributed by atoms with E-state index in [0.717, 1.165) is 23.2 Å². The average molecular weight is 392 g/mol. The van der Waals surface area contributed by atoms with Crippen molar-refractivity contribution in [1.82, 2.24) is 15.2 Å². The van der Waals surface area contributed by atoms with E-state index in [9.17, 15) is 13.6 Å². The maximum absolute atomic E-state index is 14.3. The lowest BCUT2D eigenvalue weighted by atomic mass is 10.0. The molecule has 5 N–H and O–H groups in total. The van der Waals surface area contributed by atoms with Crippen LogP contribution in [0.3, 0.4) is 0 Å². The summed E-state index contributed by atoms with van der Waals surface area (Å²) >= 11 is 0. The first-order chi connectivity index (χ1) is 13.3. The van der Waals surface area contributed by atoms with Crippen molar-refractivity contribution in [2.75, 3.05) is 12.3 Å². The Balaban J connectivity index is 2.14. The molecule has 0 radical (unpaired) electrons. The van der Waals surface area contributed by atoms with Crippen molar-refractivity contribution in [2.45, 2.75) is 32.4 Å². The number of nitrogen functional groups attached to an aromatic ring is 1. The second kappa shape index (κ2) is 7.55. The number of nitrogens with one attached hydrogen (secondary N) is 1. The van der Waals surface area contributed by atoms with Gasteiger partial charge in [0.05, 0.1) is 5.56 Å². The molecule has 2 aromatic rings. The van der Waals surface area contributed by atoms with Crippen LogP contribution in [-0.2, 0) is 15.3 Å². The van der Waals surface area contributed by atoms with Gasteiger partial charge >= 0.3 is 0 Å². The molecule has 1 aliphatic heterocycles. The number of benzene rings is 1. The van der Waals surface area contributed by atoms with E-state index in [1.165, 1.54) is 6.07 Å². The van der Waals surface area contributed by atoms with Gasteiger partial charge in [0, 0.05) is 18.4 Å². The number of rotatable bonds is 6. The molecule has 1 aromatic carbocycles. The van der Waals surface area contributed by atoms with Crippen LogP contribution in [0.5, 0.6) is 0 Å². The zero-order chi connectivity index (χ0) is 20.5. The quantitative estimate of drug-likeness (QED) is 0.694. The first-order valence-electron chi connectivity index (χ1n) is 8.87. The summed E-state index contributed by atoms with van der Waals surface area (Å²) in [5, 5.41) is 12.0. The van der Waals surface area contributed by atoms with Crippen molar-refractivity contribution in [3.05, 3.63) is 47.2 Å². The van der Waals surface area contributed by atoms with Crippen molar-refractivity contribution >= 4 is 17.6 Å². The van der Waals surface area contributed by atoms with Crippen LogP contribution in [0.1, 0.15) is 37.9 Å². The number of anilines is 1. The number of aromatic nitrogens is 2. The lowest BCUT2D eigenvalue weighted by Crippen LogP contribution is -2.47. The number of hydrogen-bond donors (Lipinski definition) is 3. The van der Waals surface area contributed by atoms with Crippen molar-refractivity contribution in [3.8, 4) is 0 Å². The zero-order valence-electron chi connectivity index (χ0n) is 15.6. The molecule has 0 bridgehead atoms. The number of nitrogens with zero attached hydrogens (tertiary/aromatic N) is 3. The number of carbonyl (C=O) groups excluding carboxylic acids is 1. The minimum atomic E-state index is -1.45. The molecule has 8 nitrogen and oxygen atoms in total. The van der Waals surface area contributed by atoms with E-state index >= 15 is 0 Å². The topological polar surface area (TPSA) is 123 Å². The van der Waals surface area contributed by atoms with Crippen LogP contribution in [0.2, 0.25) is 0 Å². The molecule has 2 heterocycles. The Kier molecular flexibility index (Phi) is 5.32. The minimum Gasteiger partial charge on any atom is -0.441 e. The van der Waals surface area contributed by atoms with Crippen molar-refractivity contribution in [3.63, 3.8) is 0 Å².